The lowest BCUT2D eigenvalue weighted by Gasteiger charge is -2.27. The summed E-state index contributed by atoms with van der Waals surface area (Å²) < 4.78 is 28.3. The molecule has 0 spiro atoms. The topological polar surface area (TPSA) is 70.4 Å². The van der Waals surface area contributed by atoms with E-state index in [9.17, 15) is 4.79 Å². The largest absolute Gasteiger partial charge is 0.497 e. The van der Waals surface area contributed by atoms with E-state index in [-0.39, 0.29) is 11.5 Å². The Kier molecular flexibility index (Phi) is 5.13. The fourth-order valence-corrected chi connectivity index (χ4v) is 4.10. The zero-order chi connectivity index (χ0) is 21.4. The summed E-state index contributed by atoms with van der Waals surface area (Å²) in [5.41, 5.74) is 2.82. The van der Waals surface area contributed by atoms with Gasteiger partial charge in [-0.05, 0) is 29.8 Å². The first-order valence-electron chi connectivity index (χ1n) is 10.2. The minimum Gasteiger partial charge on any atom is -0.497 e. The lowest BCUT2D eigenvalue weighted by molar-refractivity contribution is 0.0340. The molecule has 0 N–H and O–H groups in total. The number of benzene rings is 2. The number of furan rings is 1. The third-order valence-corrected chi connectivity index (χ3v) is 5.68. The van der Waals surface area contributed by atoms with Crippen molar-refractivity contribution in [2.75, 3.05) is 40.5 Å². The summed E-state index contributed by atoms with van der Waals surface area (Å²) in [7, 11) is 3.17. The van der Waals surface area contributed by atoms with Crippen molar-refractivity contribution in [3.8, 4) is 17.2 Å². The van der Waals surface area contributed by atoms with E-state index in [4.69, 9.17) is 23.4 Å². The van der Waals surface area contributed by atoms with Crippen LogP contribution >= 0.6 is 0 Å². The normalized spacial score (nSPS) is 17.7. The molecule has 0 aliphatic carbocycles. The van der Waals surface area contributed by atoms with Crippen LogP contribution in [0, 0.1) is 0 Å². The van der Waals surface area contributed by atoms with Crippen LogP contribution in [0.2, 0.25) is 0 Å². The van der Waals surface area contributed by atoms with Crippen molar-refractivity contribution in [2.45, 2.75) is 6.54 Å². The molecule has 0 amide bonds. The van der Waals surface area contributed by atoms with Crippen molar-refractivity contribution in [3.05, 3.63) is 59.0 Å². The fourth-order valence-electron chi connectivity index (χ4n) is 4.10. The van der Waals surface area contributed by atoms with Gasteiger partial charge < -0.3 is 23.4 Å². The number of rotatable bonds is 5. The van der Waals surface area contributed by atoms with E-state index in [1.807, 2.05) is 30.3 Å². The van der Waals surface area contributed by atoms with Gasteiger partial charge in [-0.25, -0.2) is 0 Å². The average molecular weight is 421 g/mol. The Morgan fingerprint density at radius 3 is 2.55 bits per heavy atom. The molecule has 31 heavy (non-hydrogen) atoms. The van der Waals surface area contributed by atoms with E-state index in [1.54, 1.807) is 26.6 Å². The van der Waals surface area contributed by atoms with Crippen LogP contribution in [0.25, 0.3) is 17.0 Å². The minimum atomic E-state index is -0.200. The van der Waals surface area contributed by atoms with Crippen molar-refractivity contribution in [1.82, 2.24) is 4.90 Å². The van der Waals surface area contributed by atoms with Crippen LogP contribution in [0.5, 0.6) is 17.2 Å². The minimum absolute atomic E-state index is 0.200. The molecular formula is C24H23NO6. The molecule has 3 heterocycles. The maximum atomic E-state index is 13.4. The predicted molar refractivity (Wildman–Crippen MR) is 115 cm³/mol. The standard InChI is InChI=1S/C24H23NO6/c1-27-16-5-3-15(4-6-16)13-19-21(26)20-23(28-2)17-7-10-30-22(17)18(24(20)31-19)14-25-8-11-29-12-9-25/h3-7,10,13H,8-9,11-12,14H2,1-2H3/b19-13-. The van der Waals surface area contributed by atoms with Crippen molar-refractivity contribution < 1.29 is 28.2 Å². The molecule has 2 aromatic carbocycles. The quantitative estimate of drug-likeness (QED) is 0.579. The first kappa shape index (κ1) is 19.7. The number of ketones is 1. The molecule has 5 rings (SSSR count). The first-order valence-corrected chi connectivity index (χ1v) is 10.2. The maximum absolute atomic E-state index is 13.4. The number of carbonyl (C=O) groups is 1. The molecule has 1 fully saturated rings. The number of allylic oxidation sites excluding steroid dienone is 1. The van der Waals surface area contributed by atoms with Crippen LogP contribution in [-0.4, -0.2) is 51.2 Å². The summed E-state index contributed by atoms with van der Waals surface area (Å²) in [4.78, 5) is 15.6. The fraction of sp³-hybridized carbons (Fsp3) is 0.292. The Morgan fingerprint density at radius 1 is 1.06 bits per heavy atom. The highest BCUT2D eigenvalue weighted by Crippen LogP contribution is 2.47. The Labute approximate surface area is 179 Å². The number of morpholine rings is 1. The second kappa shape index (κ2) is 8.09. The number of hydrogen-bond acceptors (Lipinski definition) is 7. The third kappa shape index (κ3) is 3.45. The van der Waals surface area contributed by atoms with Gasteiger partial charge in [-0.15, -0.1) is 0 Å². The SMILES string of the molecule is COc1ccc(/C=C2\Oc3c(c(OC)c4ccoc4c3CN3CCOCC3)C2=O)cc1. The summed E-state index contributed by atoms with van der Waals surface area (Å²) in [6, 6.07) is 9.27. The molecule has 0 atom stereocenters. The van der Waals surface area contributed by atoms with Gasteiger partial charge >= 0.3 is 0 Å². The number of methoxy groups -OCH3 is 2. The number of hydrogen-bond donors (Lipinski definition) is 0. The molecule has 0 radical (unpaired) electrons. The zero-order valence-corrected chi connectivity index (χ0v) is 17.5. The monoisotopic (exact) mass is 421 g/mol. The average Bonchev–Trinajstić information content (AvgIpc) is 3.41. The second-order valence-corrected chi connectivity index (χ2v) is 7.48. The highest BCUT2D eigenvalue weighted by atomic mass is 16.5. The molecule has 0 saturated carbocycles. The lowest BCUT2D eigenvalue weighted by atomic mass is 10.0. The molecule has 7 heteroatoms. The first-order chi connectivity index (χ1) is 15.2. The maximum Gasteiger partial charge on any atom is 0.235 e. The van der Waals surface area contributed by atoms with Crippen LogP contribution < -0.4 is 14.2 Å². The number of Topliss-reactive ketones (excluding diaryl/α,β-unsaturated/α-hetero) is 1. The number of fused-ring (bicyclic) bond motifs is 2. The van der Waals surface area contributed by atoms with Gasteiger partial charge in [0.25, 0.3) is 0 Å². The molecule has 0 bridgehead atoms. The summed E-state index contributed by atoms with van der Waals surface area (Å²) >= 11 is 0. The smallest absolute Gasteiger partial charge is 0.235 e. The van der Waals surface area contributed by atoms with Crippen LogP contribution in [0.15, 0.2) is 46.8 Å². The lowest BCUT2D eigenvalue weighted by Crippen LogP contribution is -2.35. The number of nitrogens with zero attached hydrogens (tertiary/aromatic N) is 1. The van der Waals surface area contributed by atoms with Gasteiger partial charge in [-0.2, -0.15) is 0 Å². The van der Waals surface area contributed by atoms with Crippen molar-refractivity contribution in [1.29, 1.82) is 0 Å². The molecule has 7 nitrogen and oxygen atoms in total. The van der Waals surface area contributed by atoms with E-state index in [0.717, 1.165) is 35.4 Å². The Balaban J connectivity index is 1.59. The van der Waals surface area contributed by atoms with Gasteiger partial charge in [-0.1, -0.05) is 12.1 Å². The van der Waals surface area contributed by atoms with Gasteiger partial charge in [0, 0.05) is 19.6 Å². The van der Waals surface area contributed by atoms with E-state index in [0.29, 0.717) is 42.4 Å². The highest BCUT2D eigenvalue weighted by Gasteiger charge is 2.37. The number of ether oxygens (including phenoxy) is 4. The summed E-state index contributed by atoms with van der Waals surface area (Å²) in [6.07, 6.45) is 3.35. The Morgan fingerprint density at radius 2 is 1.84 bits per heavy atom. The van der Waals surface area contributed by atoms with Crippen LogP contribution in [0.3, 0.4) is 0 Å². The highest BCUT2D eigenvalue weighted by molar-refractivity contribution is 6.19. The van der Waals surface area contributed by atoms with Crippen LogP contribution in [0.4, 0.5) is 0 Å². The van der Waals surface area contributed by atoms with E-state index in [1.165, 1.54) is 0 Å². The van der Waals surface area contributed by atoms with Crippen LogP contribution in [0.1, 0.15) is 21.5 Å². The van der Waals surface area contributed by atoms with E-state index in [2.05, 4.69) is 4.90 Å². The molecule has 160 valence electrons. The summed E-state index contributed by atoms with van der Waals surface area (Å²) in [6.45, 7) is 3.59. The zero-order valence-electron chi connectivity index (χ0n) is 17.5. The van der Waals surface area contributed by atoms with Gasteiger partial charge in [0.1, 0.15) is 22.6 Å². The van der Waals surface area contributed by atoms with Crippen LogP contribution in [-0.2, 0) is 11.3 Å². The van der Waals surface area contributed by atoms with Crippen molar-refractivity contribution >= 4 is 22.8 Å². The molecule has 2 aliphatic rings. The molecule has 1 aromatic heterocycles. The number of carbonyl (C=O) groups excluding carboxylic acids is 1. The van der Waals surface area contributed by atoms with E-state index >= 15 is 0 Å². The summed E-state index contributed by atoms with van der Waals surface area (Å²) in [5, 5.41) is 0.771. The predicted octanol–water partition coefficient (Wildman–Crippen LogP) is 3.90. The Bertz CT molecular complexity index is 1160. The summed E-state index contributed by atoms with van der Waals surface area (Å²) in [5.74, 6) is 1.80. The van der Waals surface area contributed by atoms with Gasteiger partial charge in [0.2, 0.25) is 5.78 Å². The van der Waals surface area contributed by atoms with Crippen molar-refractivity contribution in [2.24, 2.45) is 0 Å². The second-order valence-electron chi connectivity index (χ2n) is 7.48. The Hall–Kier alpha value is -3.29. The van der Waals surface area contributed by atoms with Crippen molar-refractivity contribution in [3.63, 3.8) is 0 Å². The van der Waals surface area contributed by atoms with Gasteiger partial charge in [0.05, 0.1) is 44.6 Å². The third-order valence-electron chi connectivity index (χ3n) is 5.68. The molecular weight excluding hydrogens is 398 g/mol. The molecule has 0 unspecified atom stereocenters. The van der Waals surface area contributed by atoms with Gasteiger partial charge in [-0.3, -0.25) is 9.69 Å². The molecule has 2 aliphatic heterocycles. The molecule has 1 saturated heterocycles. The van der Waals surface area contributed by atoms with E-state index < -0.39 is 0 Å². The van der Waals surface area contributed by atoms with Gasteiger partial charge in [0.15, 0.2) is 11.5 Å². The molecule has 3 aromatic rings.